The topological polar surface area (TPSA) is 17.1 Å². The Balaban J connectivity index is 2.61. The standard InChI is InChI=1S/C14H20O/c1-13(2)8-9-14(3,4)12-10(13)6-5-7-11(12)15/h5-6H,7-9H2,1-4H3. The van der Waals surface area contributed by atoms with Crippen molar-refractivity contribution in [3.05, 3.63) is 23.3 Å². The Hall–Kier alpha value is -0.850. The molecule has 15 heavy (non-hydrogen) atoms. The van der Waals surface area contributed by atoms with Crippen molar-refractivity contribution in [2.24, 2.45) is 10.8 Å². The van der Waals surface area contributed by atoms with Crippen molar-refractivity contribution in [1.82, 2.24) is 0 Å². The average Bonchev–Trinajstić information content (AvgIpc) is 2.13. The molecule has 0 N–H and O–H groups in total. The third kappa shape index (κ3) is 1.58. The van der Waals surface area contributed by atoms with E-state index in [-0.39, 0.29) is 10.8 Å². The minimum Gasteiger partial charge on any atom is -0.294 e. The Kier molecular flexibility index (Phi) is 2.18. The van der Waals surface area contributed by atoms with Crippen LogP contribution in [0, 0.1) is 10.8 Å². The molecule has 0 amide bonds. The van der Waals surface area contributed by atoms with E-state index in [2.05, 4.69) is 33.8 Å². The number of Topliss-reactive ketones (excluding diaryl/α,β-unsaturated/α-hetero) is 1. The summed E-state index contributed by atoms with van der Waals surface area (Å²) in [5.74, 6) is 0.338. The molecule has 0 aromatic carbocycles. The second-order valence-electron chi connectivity index (χ2n) is 6.09. The lowest BCUT2D eigenvalue weighted by molar-refractivity contribution is -0.116. The quantitative estimate of drug-likeness (QED) is 0.588. The maximum atomic E-state index is 12.0. The second-order valence-corrected chi connectivity index (χ2v) is 6.09. The highest BCUT2D eigenvalue weighted by atomic mass is 16.1. The molecule has 0 aliphatic heterocycles. The summed E-state index contributed by atoms with van der Waals surface area (Å²) in [5, 5.41) is 0. The van der Waals surface area contributed by atoms with Crippen LogP contribution in [-0.4, -0.2) is 5.78 Å². The number of hydrogen-bond acceptors (Lipinski definition) is 1. The largest absolute Gasteiger partial charge is 0.294 e. The van der Waals surface area contributed by atoms with Crippen LogP contribution in [-0.2, 0) is 4.79 Å². The van der Waals surface area contributed by atoms with Gasteiger partial charge in [0.2, 0.25) is 0 Å². The zero-order valence-corrected chi connectivity index (χ0v) is 10.2. The van der Waals surface area contributed by atoms with Crippen LogP contribution in [0.3, 0.4) is 0 Å². The first-order valence-corrected chi connectivity index (χ1v) is 5.80. The van der Waals surface area contributed by atoms with Crippen LogP contribution < -0.4 is 0 Å². The molecule has 0 aromatic heterocycles. The number of carbonyl (C=O) groups excluding carboxylic acids is 1. The van der Waals surface area contributed by atoms with E-state index in [0.29, 0.717) is 12.2 Å². The highest BCUT2D eigenvalue weighted by molar-refractivity contribution is 6.00. The first-order valence-electron chi connectivity index (χ1n) is 5.80. The lowest BCUT2D eigenvalue weighted by atomic mass is 9.60. The van der Waals surface area contributed by atoms with Crippen LogP contribution in [0.2, 0.25) is 0 Å². The van der Waals surface area contributed by atoms with Gasteiger partial charge in [-0.15, -0.1) is 0 Å². The van der Waals surface area contributed by atoms with Crippen LogP contribution in [0.15, 0.2) is 23.3 Å². The summed E-state index contributed by atoms with van der Waals surface area (Å²) in [6.45, 7) is 8.91. The molecular weight excluding hydrogens is 184 g/mol. The van der Waals surface area contributed by atoms with E-state index in [1.165, 1.54) is 12.0 Å². The number of ketones is 1. The fraction of sp³-hybridized carbons (Fsp3) is 0.643. The summed E-state index contributed by atoms with van der Waals surface area (Å²) in [4.78, 5) is 12.0. The Labute approximate surface area is 92.3 Å². The molecule has 0 spiro atoms. The minimum absolute atomic E-state index is 0.0761. The monoisotopic (exact) mass is 204 g/mol. The summed E-state index contributed by atoms with van der Waals surface area (Å²) in [7, 11) is 0. The lowest BCUT2D eigenvalue weighted by Crippen LogP contribution is -2.34. The highest BCUT2D eigenvalue weighted by Gasteiger charge is 2.41. The van der Waals surface area contributed by atoms with E-state index >= 15 is 0 Å². The van der Waals surface area contributed by atoms with Gasteiger partial charge in [-0.2, -0.15) is 0 Å². The third-order valence-electron chi connectivity index (χ3n) is 3.92. The van der Waals surface area contributed by atoms with Gasteiger partial charge >= 0.3 is 0 Å². The molecule has 0 fully saturated rings. The smallest absolute Gasteiger partial charge is 0.163 e. The van der Waals surface area contributed by atoms with Crippen molar-refractivity contribution in [2.45, 2.75) is 47.0 Å². The van der Waals surface area contributed by atoms with Gasteiger partial charge in [-0.1, -0.05) is 39.8 Å². The summed E-state index contributed by atoms with van der Waals surface area (Å²) >= 11 is 0. The first-order chi connectivity index (χ1) is 6.84. The number of rotatable bonds is 0. The van der Waals surface area contributed by atoms with E-state index in [1.54, 1.807) is 0 Å². The van der Waals surface area contributed by atoms with Crippen molar-refractivity contribution in [3.63, 3.8) is 0 Å². The van der Waals surface area contributed by atoms with Gasteiger partial charge in [-0.25, -0.2) is 0 Å². The lowest BCUT2D eigenvalue weighted by Gasteiger charge is -2.43. The number of carbonyl (C=O) groups is 1. The summed E-state index contributed by atoms with van der Waals surface area (Å²) in [6, 6.07) is 0. The van der Waals surface area contributed by atoms with E-state index in [9.17, 15) is 4.79 Å². The first kappa shape index (κ1) is 10.7. The van der Waals surface area contributed by atoms with Gasteiger partial charge in [0, 0.05) is 12.0 Å². The molecule has 2 aliphatic rings. The molecule has 0 aromatic rings. The number of hydrogen-bond donors (Lipinski definition) is 0. The summed E-state index contributed by atoms with van der Waals surface area (Å²) < 4.78 is 0. The molecule has 0 bridgehead atoms. The van der Waals surface area contributed by atoms with E-state index < -0.39 is 0 Å². The molecule has 0 heterocycles. The van der Waals surface area contributed by atoms with Crippen LogP contribution >= 0.6 is 0 Å². The van der Waals surface area contributed by atoms with Crippen LogP contribution in [0.4, 0.5) is 0 Å². The molecule has 0 atom stereocenters. The van der Waals surface area contributed by atoms with Crippen molar-refractivity contribution in [2.75, 3.05) is 0 Å². The summed E-state index contributed by atoms with van der Waals surface area (Å²) in [6.07, 6.45) is 7.09. The van der Waals surface area contributed by atoms with Gasteiger partial charge in [0.15, 0.2) is 5.78 Å². The van der Waals surface area contributed by atoms with E-state index in [4.69, 9.17) is 0 Å². The number of allylic oxidation sites excluding steroid dienone is 4. The maximum absolute atomic E-state index is 12.0. The Morgan fingerprint density at radius 2 is 1.67 bits per heavy atom. The van der Waals surface area contributed by atoms with Crippen molar-refractivity contribution >= 4 is 5.78 Å². The molecule has 0 radical (unpaired) electrons. The molecule has 0 saturated carbocycles. The molecule has 1 nitrogen and oxygen atoms in total. The molecule has 0 unspecified atom stereocenters. The van der Waals surface area contributed by atoms with Gasteiger partial charge < -0.3 is 0 Å². The minimum atomic E-state index is 0.0761. The Morgan fingerprint density at radius 1 is 1.07 bits per heavy atom. The van der Waals surface area contributed by atoms with Gasteiger partial charge in [0.25, 0.3) is 0 Å². The predicted molar refractivity (Wildman–Crippen MR) is 62.6 cm³/mol. The summed E-state index contributed by atoms with van der Waals surface area (Å²) in [5.41, 5.74) is 2.64. The van der Waals surface area contributed by atoms with Crippen molar-refractivity contribution in [3.8, 4) is 0 Å². The van der Waals surface area contributed by atoms with Crippen molar-refractivity contribution in [1.29, 1.82) is 0 Å². The van der Waals surface area contributed by atoms with Crippen molar-refractivity contribution < 1.29 is 4.79 Å². The second kappa shape index (κ2) is 3.07. The van der Waals surface area contributed by atoms with Crippen LogP contribution in [0.5, 0.6) is 0 Å². The van der Waals surface area contributed by atoms with Gasteiger partial charge in [-0.3, -0.25) is 4.79 Å². The zero-order valence-electron chi connectivity index (χ0n) is 10.2. The highest BCUT2D eigenvalue weighted by Crippen LogP contribution is 2.50. The molecule has 1 heteroatoms. The average molecular weight is 204 g/mol. The molecule has 82 valence electrons. The van der Waals surface area contributed by atoms with Crippen LogP contribution in [0.25, 0.3) is 0 Å². The molecular formula is C14H20O. The molecule has 2 aliphatic carbocycles. The van der Waals surface area contributed by atoms with E-state index in [0.717, 1.165) is 12.0 Å². The van der Waals surface area contributed by atoms with E-state index in [1.807, 2.05) is 6.08 Å². The van der Waals surface area contributed by atoms with Crippen LogP contribution in [0.1, 0.15) is 47.0 Å². The normalized spacial score (nSPS) is 27.9. The third-order valence-corrected chi connectivity index (χ3v) is 3.92. The Bertz CT molecular complexity index is 367. The predicted octanol–water partition coefficient (Wildman–Crippen LogP) is 3.66. The van der Waals surface area contributed by atoms with Gasteiger partial charge in [0.1, 0.15) is 0 Å². The molecule has 0 saturated heterocycles. The van der Waals surface area contributed by atoms with Gasteiger partial charge in [0.05, 0.1) is 0 Å². The maximum Gasteiger partial charge on any atom is 0.163 e. The Morgan fingerprint density at radius 3 is 2.27 bits per heavy atom. The van der Waals surface area contributed by atoms with Gasteiger partial charge in [-0.05, 0) is 29.2 Å². The molecule has 2 rings (SSSR count). The zero-order chi connectivity index (χ0) is 11.3. The fourth-order valence-electron chi connectivity index (χ4n) is 2.81. The SMILES string of the molecule is CC1(C)CCC(C)(C)C2=C1C=CCC2=O. The fourth-order valence-corrected chi connectivity index (χ4v) is 2.81.